The van der Waals surface area contributed by atoms with Crippen molar-refractivity contribution in [1.82, 2.24) is 4.90 Å². The summed E-state index contributed by atoms with van der Waals surface area (Å²) in [7, 11) is 0. The Morgan fingerprint density at radius 1 is 0.871 bits per heavy atom. The summed E-state index contributed by atoms with van der Waals surface area (Å²) in [5, 5.41) is 2.97. The number of ketones is 1. The number of benzene rings is 3. The van der Waals surface area contributed by atoms with Crippen molar-refractivity contribution in [2.24, 2.45) is 5.92 Å². The highest BCUT2D eigenvalue weighted by Gasteiger charge is 2.26. The average Bonchev–Trinajstić information content (AvgIpc) is 2.81. The number of halogens is 1. The molecule has 5 heteroatoms. The fraction of sp³-hybridized carbons (Fsp3) is 0.231. The molecule has 1 fully saturated rings. The minimum absolute atomic E-state index is 0.0705. The van der Waals surface area contributed by atoms with E-state index in [9.17, 15) is 14.0 Å². The number of piperidine rings is 1. The molecule has 1 aliphatic heterocycles. The first-order valence-electron chi connectivity index (χ1n) is 10.6. The van der Waals surface area contributed by atoms with Crippen molar-refractivity contribution in [1.29, 1.82) is 0 Å². The third-order valence-corrected chi connectivity index (χ3v) is 5.78. The third-order valence-electron chi connectivity index (χ3n) is 5.78. The van der Waals surface area contributed by atoms with Crippen molar-refractivity contribution in [3.8, 4) is 0 Å². The molecule has 1 N–H and O–H groups in total. The lowest BCUT2D eigenvalue weighted by Crippen LogP contribution is -2.38. The Labute approximate surface area is 181 Å². The Kier molecular flexibility index (Phi) is 6.53. The first-order valence-corrected chi connectivity index (χ1v) is 10.6. The van der Waals surface area contributed by atoms with Crippen molar-refractivity contribution >= 4 is 17.4 Å². The second-order valence-corrected chi connectivity index (χ2v) is 7.87. The number of para-hydroxylation sites is 1. The van der Waals surface area contributed by atoms with Crippen LogP contribution < -0.4 is 5.32 Å². The van der Waals surface area contributed by atoms with Gasteiger partial charge in [0.05, 0.1) is 5.69 Å². The zero-order valence-corrected chi connectivity index (χ0v) is 17.3. The van der Waals surface area contributed by atoms with Gasteiger partial charge in [-0.05, 0) is 44.1 Å². The molecule has 31 heavy (non-hydrogen) atoms. The minimum atomic E-state index is -0.193. The molecule has 0 unspecified atom stereocenters. The summed E-state index contributed by atoms with van der Waals surface area (Å²) in [6.07, 6.45) is 1.41. The zero-order chi connectivity index (χ0) is 21.6. The van der Waals surface area contributed by atoms with Crippen molar-refractivity contribution < 1.29 is 14.0 Å². The van der Waals surface area contributed by atoms with E-state index in [1.165, 1.54) is 6.07 Å². The van der Waals surface area contributed by atoms with E-state index in [4.69, 9.17) is 0 Å². The molecular formula is C26H25FN2O2. The summed E-state index contributed by atoms with van der Waals surface area (Å²) < 4.78 is 13.9. The van der Waals surface area contributed by atoms with Crippen LogP contribution in [0.3, 0.4) is 0 Å². The number of hydrogen-bond acceptors (Lipinski definition) is 3. The van der Waals surface area contributed by atoms with Gasteiger partial charge in [-0.2, -0.15) is 0 Å². The van der Waals surface area contributed by atoms with Gasteiger partial charge in [0.25, 0.3) is 0 Å². The maximum atomic E-state index is 13.9. The van der Waals surface area contributed by atoms with E-state index in [0.717, 1.165) is 13.1 Å². The van der Waals surface area contributed by atoms with Gasteiger partial charge in [0.2, 0.25) is 5.91 Å². The summed E-state index contributed by atoms with van der Waals surface area (Å²) in [4.78, 5) is 28.0. The molecule has 1 amide bonds. The maximum absolute atomic E-state index is 13.9. The second kappa shape index (κ2) is 9.67. The Morgan fingerprint density at radius 3 is 2.26 bits per heavy atom. The Hall–Kier alpha value is -3.31. The van der Waals surface area contributed by atoms with Crippen LogP contribution in [0.2, 0.25) is 0 Å². The molecular weight excluding hydrogens is 391 g/mol. The van der Waals surface area contributed by atoms with Gasteiger partial charge < -0.3 is 5.32 Å². The lowest BCUT2D eigenvalue weighted by molar-refractivity contribution is -0.121. The topological polar surface area (TPSA) is 49.4 Å². The van der Waals surface area contributed by atoms with Crippen molar-refractivity contribution in [2.75, 3.05) is 18.4 Å². The van der Waals surface area contributed by atoms with Crippen LogP contribution in [0.5, 0.6) is 0 Å². The van der Waals surface area contributed by atoms with Crippen molar-refractivity contribution in [3.63, 3.8) is 0 Å². The van der Waals surface area contributed by atoms with E-state index in [0.29, 0.717) is 41.8 Å². The van der Waals surface area contributed by atoms with Crippen LogP contribution in [-0.2, 0) is 11.3 Å². The number of hydrogen-bond donors (Lipinski definition) is 1. The molecule has 0 spiro atoms. The van der Waals surface area contributed by atoms with Crippen LogP contribution in [-0.4, -0.2) is 29.7 Å². The summed E-state index contributed by atoms with van der Waals surface area (Å²) in [5.74, 6) is -0.506. The number of nitrogens with zero attached hydrogens (tertiary/aromatic N) is 1. The van der Waals surface area contributed by atoms with E-state index in [1.807, 2.05) is 30.3 Å². The largest absolute Gasteiger partial charge is 0.325 e. The lowest BCUT2D eigenvalue weighted by Gasteiger charge is -2.31. The highest BCUT2D eigenvalue weighted by molar-refractivity contribution is 6.13. The van der Waals surface area contributed by atoms with Gasteiger partial charge in [0.1, 0.15) is 5.82 Å². The minimum Gasteiger partial charge on any atom is -0.325 e. The molecule has 1 saturated heterocycles. The van der Waals surface area contributed by atoms with E-state index >= 15 is 0 Å². The zero-order valence-electron chi connectivity index (χ0n) is 17.3. The van der Waals surface area contributed by atoms with E-state index < -0.39 is 0 Å². The first-order chi connectivity index (χ1) is 15.1. The summed E-state index contributed by atoms with van der Waals surface area (Å²) in [6, 6.07) is 23.0. The number of anilines is 1. The van der Waals surface area contributed by atoms with Crippen LogP contribution in [0.4, 0.5) is 10.1 Å². The SMILES string of the molecule is O=C(c1ccccc1)c1ccccc1NC(=O)C1CCN(Cc2ccccc2F)CC1. The Bertz CT molecular complexity index is 1060. The lowest BCUT2D eigenvalue weighted by atomic mass is 9.95. The van der Waals surface area contributed by atoms with Gasteiger partial charge in [-0.25, -0.2) is 4.39 Å². The first kappa shape index (κ1) is 20.9. The summed E-state index contributed by atoms with van der Waals surface area (Å²) in [5.41, 5.74) is 2.29. The van der Waals surface area contributed by atoms with Gasteiger partial charge >= 0.3 is 0 Å². The number of rotatable bonds is 6. The van der Waals surface area contributed by atoms with Gasteiger partial charge in [0, 0.05) is 29.2 Å². The molecule has 158 valence electrons. The molecule has 1 aliphatic rings. The second-order valence-electron chi connectivity index (χ2n) is 7.87. The normalized spacial score (nSPS) is 14.9. The number of carbonyl (C=O) groups is 2. The molecule has 0 radical (unpaired) electrons. The van der Waals surface area contributed by atoms with Gasteiger partial charge in [-0.3, -0.25) is 14.5 Å². The quantitative estimate of drug-likeness (QED) is 0.581. The van der Waals surface area contributed by atoms with Crippen LogP contribution in [0.25, 0.3) is 0 Å². The van der Waals surface area contributed by atoms with Crippen LogP contribution in [0.1, 0.15) is 34.3 Å². The monoisotopic (exact) mass is 416 g/mol. The van der Waals surface area contributed by atoms with E-state index in [1.54, 1.807) is 42.5 Å². The molecule has 4 nitrogen and oxygen atoms in total. The Balaban J connectivity index is 1.38. The van der Waals surface area contributed by atoms with Gasteiger partial charge in [0.15, 0.2) is 5.78 Å². The molecule has 0 aromatic heterocycles. The van der Waals surface area contributed by atoms with Crippen molar-refractivity contribution in [3.05, 3.63) is 101 Å². The average molecular weight is 416 g/mol. The molecule has 0 saturated carbocycles. The molecule has 0 aliphatic carbocycles. The Morgan fingerprint density at radius 2 is 1.52 bits per heavy atom. The van der Waals surface area contributed by atoms with Crippen LogP contribution in [0.15, 0.2) is 78.9 Å². The van der Waals surface area contributed by atoms with Gasteiger partial charge in [-0.15, -0.1) is 0 Å². The number of amides is 1. The van der Waals surface area contributed by atoms with E-state index in [2.05, 4.69) is 10.2 Å². The highest BCUT2D eigenvalue weighted by Crippen LogP contribution is 2.24. The number of carbonyl (C=O) groups excluding carboxylic acids is 2. The molecule has 3 aromatic rings. The number of likely N-dealkylation sites (tertiary alicyclic amines) is 1. The summed E-state index contributed by atoms with van der Waals surface area (Å²) in [6.45, 7) is 2.02. The van der Waals surface area contributed by atoms with Crippen LogP contribution in [0, 0.1) is 11.7 Å². The third kappa shape index (κ3) is 5.06. The fourth-order valence-electron chi connectivity index (χ4n) is 3.99. The molecule has 0 bridgehead atoms. The molecule has 3 aromatic carbocycles. The number of nitrogens with one attached hydrogen (secondary N) is 1. The van der Waals surface area contributed by atoms with Crippen LogP contribution >= 0.6 is 0 Å². The molecule has 0 atom stereocenters. The standard InChI is InChI=1S/C26H25FN2O2/c27-23-12-6-4-10-21(23)18-29-16-14-20(15-17-29)26(31)28-24-13-7-5-11-22(24)25(30)19-8-2-1-3-9-19/h1-13,20H,14-18H2,(H,28,31). The predicted octanol–water partition coefficient (Wildman–Crippen LogP) is 4.91. The fourth-order valence-corrected chi connectivity index (χ4v) is 3.99. The highest BCUT2D eigenvalue weighted by atomic mass is 19.1. The summed E-state index contributed by atoms with van der Waals surface area (Å²) >= 11 is 0. The van der Waals surface area contributed by atoms with Crippen molar-refractivity contribution in [2.45, 2.75) is 19.4 Å². The maximum Gasteiger partial charge on any atom is 0.227 e. The predicted molar refractivity (Wildman–Crippen MR) is 119 cm³/mol. The smallest absolute Gasteiger partial charge is 0.227 e. The van der Waals surface area contributed by atoms with E-state index in [-0.39, 0.29) is 23.4 Å². The molecule has 4 rings (SSSR count). The molecule has 1 heterocycles. The van der Waals surface area contributed by atoms with Gasteiger partial charge in [-0.1, -0.05) is 60.7 Å².